The number of aliphatic hydroxyl groups is 2. The summed E-state index contributed by atoms with van der Waals surface area (Å²) in [6, 6.07) is 1.20. The van der Waals surface area contributed by atoms with Gasteiger partial charge < -0.3 is 14.9 Å². The maximum Gasteiger partial charge on any atom is 0.330 e. The monoisotopic (exact) mass is 230 g/mol. The average molecular weight is 230 g/mol. The van der Waals surface area contributed by atoms with Gasteiger partial charge in [0, 0.05) is 18.7 Å². The van der Waals surface area contributed by atoms with E-state index in [0.29, 0.717) is 0 Å². The quantitative estimate of drug-likeness (QED) is 0.554. The molecule has 1 aliphatic heterocycles. The van der Waals surface area contributed by atoms with Gasteiger partial charge in [-0.2, -0.15) is 0 Å². The highest BCUT2D eigenvalue weighted by atomic mass is 16.6. The lowest BCUT2D eigenvalue weighted by Crippen LogP contribution is -2.31. The number of ether oxygens (including phenoxy) is 1. The molecule has 0 spiro atoms. The molecule has 2 rings (SSSR count). The summed E-state index contributed by atoms with van der Waals surface area (Å²) in [6.45, 7) is -0.310. The van der Waals surface area contributed by atoms with Crippen LogP contribution in [0.3, 0.4) is 0 Å². The molecule has 1 fully saturated rings. The summed E-state index contributed by atoms with van der Waals surface area (Å²) in [6.07, 6.45) is -0.649. The molecule has 0 aliphatic carbocycles. The van der Waals surface area contributed by atoms with Crippen LogP contribution in [0, 0.1) is 0 Å². The van der Waals surface area contributed by atoms with E-state index in [-0.39, 0.29) is 13.0 Å². The standard InChI is InChI=1S/C9H12N2O5/c12-4-6-5(13)3-8(16-6)11-2-1-7(14)10-9(11)15/h1-2,5-6,8,12-13H,3-4H2,(H,10,14,15)/t5-,6+,8+/m0/s1/i10+1,11+1. The highest BCUT2D eigenvalue weighted by molar-refractivity contribution is 4.88. The Balaban J connectivity index is 2.27. The van der Waals surface area contributed by atoms with Gasteiger partial charge in [-0.1, -0.05) is 0 Å². The number of rotatable bonds is 2. The molecule has 3 N–H and O–H groups in total. The number of aliphatic hydroxyl groups excluding tert-OH is 2. The van der Waals surface area contributed by atoms with Crippen LogP contribution in [-0.2, 0) is 4.74 Å². The molecule has 0 unspecified atom stereocenters. The molecule has 88 valence electrons. The zero-order chi connectivity index (χ0) is 11.7. The molecule has 0 aromatic carbocycles. The van der Waals surface area contributed by atoms with Crippen LogP contribution in [0.2, 0.25) is 0 Å². The summed E-state index contributed by atoms with van der Waals surface area (Å²) in [5, 5.41) is 18.4. The summed E-state index contributed by atoms with van der Waals surface area (Å²) in [7, 11) is 0. The fourth-order valence-electron chi connectivity index (χ4n) is 1.70. The molecule has 0 radical (unpaired) electrons. The van der Waals surface area contributed by atoms with Crippen molar-refractivity contribution >= 4 is 0 Å². The number of hydrogen-bond donors (Lipinski definition) is 3. The predicted molar refractivity (Wildman–Crippen MR) is 52.9 cm³/mol. The topological polar surface area (TPSA) is 105 Å². The highest BCUT2D eigenvalue weighted by Gasteiger charge is 2.34. The second-order valence-electron chi connectivity index (χ2n) is 3.63. The normalized spacial score (nSPS) is 29.5. The molecule has 1 aliphatic rings. The van der Waals surface area contributed by atoms with Crippen molar-refractivity contribution in [3.63, 3.8) is 0 Å². The van der Waals surface area contributed by atoms with Crippen LogP contribution in [0.25, 0.3) is 0 Å². The maximum absolute atomic E-state index is 11.4. The van der Waals surface area contributed by atoms with Crippen molar-refractivity contribution in [3.05, 3.63) is 33.1 Å². The Morgan fingerprint density at radius 3 is 2.88 bits per heavy atom. The first-order valence-electron chi connectivity index (χ1n) is 4.87. The number of nitrogens with zero attached hydrogens (tertiary/aromatic N) is 1. The van der Waals surface area contributed by atoms with Gasteiger partial charge in [-0.15, -0.1) is 0 Å². The molecule has 0 bridgehead atoms. The Morgan fingerprint density at radius 2 is 2.31 bits per heavy atom. The predicted octanol–water partition coefficient (Wildman–Crippen LogP) is -1.82. The van der Waals surface area contributed by atoms with Crippen molar-refractivity contribution in [3.8, 4) is 0 Å². The summed E-state index contributed by atoms with van der Waals surface area (Å²) in [5.41, 5.74) is -1.08. The Kier molecular flexibility index (Phi) is 2.90. The molecule has 7 nitrogen and oxygen atoms in total. The molecule has 2 heterocycles. The number of aromatic amines is 1. The van der Waals surface area contributed by atoms with Gasteiger partial charge in [0.15, 0.2) is 0 Å². The molecule has 1 saturated heterocycles. The molecule has 1 aromatic heterocycles. The van der Waals surface area contributed by atoms with E-state index in [1.807, 2.05) is 0 Å². The summed E-state index contributed by atoms with van der Waals surface area (Å²) < 4.78 is 6.45. The van der Waals surface area contributed by atoms with E-state index in [1.54, 1.807) is 0 Å². The molecule has 3 atom stereocenters. The minimum Gasteiger partial charge on any atom is -0.394 e. The van der Waals surface area contributed by atoms with Crippen molar-refractivity contribution in [2.24, 2.45) is 0 Å². The summed E-state index contributed by atoms with van der Waals surface area (Å²) >= 11 is 0. The first-order chi connectivity index (χ1) is 7.61. The van der Waals surface area contributed by atoms with Crippen molar-refractivity contribution in [2.45, 2.75) is 24.9 Å². The van der Waals surface area contributed by atoms with Gasteiger partial charge >= 0.3 is 5.69 Å². The molecular weight excluding hydrogens is 218 g/mol. The van der Waals surface area contributed by atoms with Gasteiger partial charge in [-0.3, -0.25) is 14.3 Å². The van der Waals surface area contributed by atoms with Crippen molar-refractivity contribution in [1.82, 2.24) is 9.55 Å². The zero-order valence-corrected chi connectivity index (χ0v) is 8.37. The number of H-pyrrole nitrogens is 1. The highest BCUT2D eigenvalue weighted by Crippen LogP contribution is 2.26. The SMILES string of the molecule is O=c1cc[15n]([C@H]2C[C@H](O)[C@@H](CO)O2)c(=O)[15nH]1. The maximum atomic E-state index is 11.4. The van der Waals surface area contributed by atoms with Crippen molar-refractivity contribution in [2.75, 3.05) is 6.61 Å². The van der Waals surface area contributed by atoms with Gasteiger partial charge in [0.1, 0.15) is 12.3 Å². The number of nitrogens with one attached hydrogen (secondary N) is 1. The van der Waals surface area contributed by atoms with Crippen molar-refractivity contribution < 1.29 is 14.9 Å². The Labute approximate surface area is 89.9 Å². The van der Waals surface area contributed by atoms with Crippen LogP contribution >= 0.6 is 0 Å². The first kappa shape index (κ1) is 11.1. The molecule has 7 heteroatoms. The first-order valence-corrected chi connectivity index (χ1v) is 4.87. The lowest BCUT2D eigenvalue weighted by molar-refractivity contribution is -0.0459. The second kappa shape index (κ2) is 4.20. The van der Waals surface area contributed by atoms with Crippen LogP contribution in [0.4, 0.5) is 0 Å². The van der Waals surface area contributed by atoms with Gasteiger partial charge in [0.05, 0.1) is 12.7 Å². The third kappa shape index (κ3) is 1.92. The van der Waals surface area contributed by atoms with Crippen LogP contribution in [0.1, 0.15) is 12.6 Å². The van der Waals surface area contributed by atoms with Gasteiger partial charge in [-0.05, 0) is 0 Å². The fraction of sp³-hybridized carbons (Fsp3) is 0.556. The van der Waals surface area contributed by atoms with Gasteiger partial charge in [0.2, 0.25) is 0 Å². The van der Waals surface area contributed by atoms with Crippen LogP contribution < -0.4 is 11.2 Å². The van der Waals surface area contributed by atoms with E-state index in [0.717, 1.165) is 0 Å². The lowest BCUT2D eigenvalue weighted by Gasteiger charge is -2.13. The van der Waals surface area contributed by atoms with E-state index < -0.39 is 29.7 Å². The van der Waals surface area contributed by atoms with E-state index in [4.69, 9.17) is 9.84 Å². The third-order valence-electron chi connectivity index (χ3n) is 2.55. The molecule has 0 amide bonds. The van der Waals surface area contributed by atoms with E-state index >= 15 is 0 Å². The molecule has 0 saturated carbocycles. The third-order valence-corrected chi connectivity index (χ3v) is 2.55. The Hall–Kier alpha value is -1.44. The average Bonchev–Trinajstić information content (AvgIpc) is 2.59. The van der Waals surface area contributed by atoms with Crippen LogP contribution in [0.15, 0.2) is 21.9 Å². The number of aromatic nitrogens is 2. The van der Waals surface area contributed by atoms with Gasteiger partial charge in [-0.25, -0.2) is 4.79 Å². The Bertz CT molecular complexity index is 479. The Morgan fingerprint density at radius 1 is 1.56 bits per heavy atom. The fourth-order valence-corrected chi connectivity index (χ4v) is 1.70. The van der Waals surface area contributed by atoms with E-state index in [2.05, 4.69) is 4.98 Å². The largest absolute Gasteiger partial charge is 0.394 e. The molecular formula is C9H12N2O5. The molecule has 16 heavy (non-hydrogen) atoms. The second-order valence-corrected chi connectivity index (χ2v) is 3.63. The summed E-state index contributed by atoms with van der Waals surface area (Å²) in [4.78, 5) is 24.3. The zero-order valence-electron chi connectivity index (χ0n) is 8.37. The minimum absolute atomic E-state index is 0.206. The van der Waals surface area contributed by atoms with E-state index in [9.17, 15) is 14.7 Å². The smallest absolute Gasteiger partial charge is 0.330 e. The minimum atomic E-state index is -0.811. The van der Waals surface area contributed by atoms with E-state index in [1.165, 1.54) is 16.8 Å². The van der Waals surface area contributed by atoms with Gasteiger partial charge in [0.25, 0.3) is 5.56 Å². The summed E-state index contributed by atoms with van der Waals surface area (Å²) in [5.74, 6) is 0. The van der Waals surface area contributed by atoms with Crippen LogP contribution in [-0.4, -0.2) is 38.6 Å². The molecule has 1 aromatic rings. The number of hydrogen-bond acceptors (Lipinski definition) is 5. The lowest BCUT2D eigenvalue weighted by atomic mass is 10.2. The van der Waals surface area contributed by atoms with Crippen LogP contribution in [0.5, 0.6) is 0 Å². The van der Waals surface area contributed by atoms with Crippen molar-refractivity contribution in [1.29, 1.82) is 0 Å².